The first-order valence-corrected chi connectivity index (χ1v) is 6.20. The van der Waals surface area contributed by atoms with E-state index < -0.39 is 0 Å². The highest BCUT2D eigenvalue weighted by Crippen LogP contribution is 2.16. The molecule has 0 bridgehead atoms. The quantitative estimate of drug-likeness (QED) is 0.916. The van der Waals surface area contributed by atoms with Gasteiger partial charge in [-0.05, 0) is 25.5 Å². The van der Waals surface area contributed by atoms with Crippen LogP contribution in [-0.2, 0) is 11.2 Å². The number of hydrogen-bond acceptors (Lipinski definition) is 4. The minimum Gasteiger partial charge on any atom is -0.426 e. The molecule has 19 heavy (non-hydrogen) atoms. The Morgan fingerprint density at radius 2 is 2.05 bits per heavy atom. The SMILES string of the molecule is Cc1ccc(NC(=O)CCc2nnc(C)o2)c(C)c1. The fourth-order valence-corrected chi connectivity index (χ4v) is 1.83. The largest absolute Gasteiger partial charge is 0.426 e. The van der Waals surface area contributed by atoms with Crippen LogP contribution < -0.4 is 5.32 Å². The smallest absolute Gasteiger partial charge is 0.224 e. The van der Waals surface area contributed by atoms with Crippen molar-refractivity contribution in [3.8, 4) is 0 Å². The Kier molecular flexibility index (Phi) is 3.94. The number of amides is 1. The summed E-state index contributed by atoms with van der Waals surface area (Å²) in [4.78, 5) is 11.8. The number of aryl methyl sites for hydroxylation is 4. The third-order valence-electron chi connectivity index (χ3n) is 2.79. The number of nitrogens with one attached hydrogen (secondary N) is 1. The standard InChI is InChI=1S/C14H17N3O2/c1-9-4-5-12(10(2)8-9)15-13(18)6-7-14-17-16-11(3)19-14/h4-5,8H,6-7H2,1-3H3,(H,15,18). The van der Waals surface area contributed by atoms with Crippen molar-refractivity contribution in [2.45, 2.75) is 33.6 Å². The highest BCUT2D eigenvalue weighted by atomic mass is 16.4. The van der Waals surface area contributed by atoms with Crippen molar-refractivity contribution in [2.24, 2.45) is 0 Å². The summed E-state index contributed by atoms with van der Waals surface area (Å²) in [5.41, 5.74) is 3.08. The monoisotopic (exact) mass is 259 g/mol. The van der Waals surface area contributed by atoms with E-state index in [1.807, 2.05) is 32.0 Å². The molecular weight excluding hydrogens is 242 g/mol. The van der Waals surface area contributed by atoms with Gasteiger partial charge >= 0.3 is 0 Å². The Morgan fingerprint density at radius 3 is 2.68 bits per heavy atom. The summed E-state index contributed by atoms with van der Waals surface area (Å²) in [6, 6.07) is 5.93. The Morgan fingerprint density at radius 1 is 1.26 bits per heavy atom. The average Bonchev–Trinajstić information content (AvgIpc) is 2.76. The number of carbonyl (C=O) groups is 1. The summed E-state index contributed by atoms with van der Waals surface area (Å²) in [7, 11) is 0. The molecule has 2 rings (SSSR count). The molecule has 1 N–H and O–H groups in total. The molecule has 0 saturated carbocycles. The fraction of sp³-hybridized carbons (Fsp3) is 0.357. The minimum atomic E-state index is -0.0530. The lowest BCUT2D eigenvalue weighted by atomic mass is 10.1. The molecule has 1 aromatic carbocycles. The van der Waals surface area contributed by atoms with E-state index in [-0.39, 0.29) is 5.91 Å². The molecule has 1 heterocycles. The van der Waals surface area contributed by atoms with Gasteiger partial charge in [0.25, 0.3) is 0 Å². The van der Waals surface area contributed by atoms with Crippen molar-refractivity contribution in [1.29, 1.82) is 0 Å². The molecule has 5 nitrogen and oxygen atoms in total. The molecule has 0 aliphatic carbocycles. The van der Waals surface area contributed by atoms with E-state index >= 15 is 0 Å². The first-order chi connectivity index (χ1) is 9.04. The second-order valence-corrected chi connectivity index (χ2v) is 4.58. The topological polar surface area (TPSA) is 68.0 Å². The van der Waals surface area contributed by atoms with E-state index in [9.17, 15) is 4.79 Å². The number of benzene rings is 1. The van der Waals surface area contributed by atoms with Gasteiger partial charge in [-0.15, -0.1) is 10.2 Å². The molecule has 0 fully saturated rings. The molecule has 0 atom stereocenters. The lowest BCUT2D eigenvalue weighted by Crippen LogP contribution is -2.13. The number of hydrogen-bond donors (Lipinski definition) is 1. The van der Waals surface area contributed by atoms with Gasteiger partial charge in [0.05, 0.1) is 0 Å². The van der Waals surface area contributed by atoms with Crippen molar-refractivity contribution >= 4 is 11.6 Å². The van der Waals surface area contributed by atoms with Gasteiger partial charge in [0.2, 0.25) is 17.7 Å². The first kappa shape index (κ1) is 13.3. The van der Waals surface area contributed by atoms with E-state index in [4.69, 9.17) is 4.42 Å². The van der Waals surface area contributed by atoms with Gasteiger partial charge in [0.1, 0.15) is 0 Å². The van der Waals surface area contributed by atoms with Crippen LogP contribution in [0.4, 0.5) is 5.69 Å². The highest BCUT2D eigenvalue weighted by Gasteiger charge is 2.08. The zero-order valence-corrected chi connectivity index (χ0v) is 11.4. The molecule has 0 radical (unpaired) electrons. The second kappa shape index (κ2) is 5.65. The van der Waals surface area contributed by atoms with Crippen LogP contribution in [0.2, 0.25) is 0 Å². The van der Waals surface area contributed by atoms with Crippen LogP contribution in [0.15, 0.2) is 22.6 Å². The number of aromatic nitrogens is 2. The molecule has 5 heteroatoms. The maximum atomic E-state index is 11.8. The molecule has 2 aromatic rings. The molecule has 0 aliphatic heterocycles. The summed E-state index contributed by atoms with van der Waals surface area (Å²) >= 11 is 0. The van der Waals surface area contributed by atoms with Crippen LogP contribution in [0.3, 0.4) is 0 Å². The predicted octanol–water partition coefficient (Wildman–Crippen LogP) is 2.57. The highest BCUT2D eigenvalue weighted by molar-refractivity contribution is 5.91. The van der Waals surface area contributed by atoms with Crippen LogP contribution in [-0.4, -0.2) is 16.1 Å². The number of rotatable bonds is 4. The van der Waals surface area contributed by atoms with Crippen molar-refractivity contribution < 1.29 is 9.21 Å². The Labute approximate surface area is 112 Å². The second-order valence-electron chi connectivity index (χ2n) is 4.58. The molecule has 100 valence electrons. The van der Waals surface area contributed by atoms with Crippen molar-refractivity contribution in [1.82, 2.24) is 10.2 Å². The summed E-state index contributed by atoms with van der Waals surface area (Å²) in [5, 5.41) is 10.5. The van der Waals surface area contributed by atoms with E-state index in [1.54, 1.807) is 6.92 Å². The van der Waals surface area contributed by atoms with E-state index in [0.717, 1.165) is 11.3 Å². The zero-order chi connectivity index (χ0) is 13.8. The van der Waals surface area contributed by atoms with Gasteiger partial charge in [0.15, 0.2) is 0 Å². The summed E-state index contributed by atoms with van der Waals surface area (Å²) in [6.07, 6.45) is 0.784. The Hall–Kier alpha value is -2.17. The van der Waals surface area contributed by atoms with E-state index in [2.05, 4.69) is 15.5 Å². The van der Waals surface area contributed by atoms with Crippen LogP contribution in [0, 0.1) is 20.8 Å². The van der Waals surface area contributed by atoms with Gasteiger partial charge in [0, 0.05) is 25.5 Å². The molecular formula is C14H17N3O2. The molecule has 0 unspecified atom stereocenters. The van der Waals surface area contributed by atoms with Gasteiger partial charge in [-0.2, -0.15) is 0 Å². The van der Waals surface area contributed by atoms with E-state index in [0.29, 0.717) is 24.6 Å². The van der Waals surface area contributed by atoms with Gasteiger partial charge in [-0.3, -0.25) is 4.79 Å². The van der Waals surface area contributed by atoms with Gasteiger partial charge in [-0.1, -0.05) is 17.7 Å². The average molecular weight is 259 g/mol. The van der Waals surface area contributed by atoms with Crippen molar-refractivity contribution in [3.63, 3.8) is 0 Å². The fourth-order valence-electron chi connectivity index (χ4n) is 1.83. The van der Waals surface area contributed by atoms with Crippen LogP contribution >= 0.6 is 0 Å². The molecule has 1 amide bonds. The van der Waals surface area contributed by atoms with Crippen LogP contribution in [0.5, 0.6) is 0 Å². The molecule has 0 aliphatic rings. The lowest BCUT2D eigenvalue weighted by Gasteiger charge is -2.08. The van der Waals surface area contributed by atoms with Crippen molar-refractivity contribution in [2.75, 3.05) is 5.32 Å². The summed E-state index contributed by atoms with van der Waals surface area (Å²) < 4.78 is 5.22. The summed E-state index contributed by atoms with van der Waals surface area (Å²) in [5.74, 6) is 0.959. The normalized spacial score (nSPS) is 10.5. The summed E-state index contributed by atoms with van der Waals surface area (Å²) in [6.45, 7) is 5.73. The Balaban J connectivity index is 1.90. The molecule has 0 saturated heterocycles. The molecule has 0 spiro atoms. The maximum Gasteiger partial charge on any atom is 0.224 e. The lowest BCUT2D eigenvalue weighted by molar-refractivity contribution is -0.116. The van der Waals surface area contributed by atoms with Gasteiger partial charge in [-0.25, -0.2) is 0 Å². The van der Waals surface area contributed by atoms with Crippen LogP contribution in [0.1, 0.15) is 29.3 Å². The van der Waals surface area contributed by atoms with Gasteiger partial charge < -0.3 is 9.73 Å². The van der Waals surface area contributed by atoms with Crippen LogP contribution in [0.25, 0.3) is 0 Å². The minimum absolute atomic E-state index is 0.0530. The number of nitrogens with zero attached hydrogens (tertiary/aromatic N) is 2. The third kappa shape index (κ3) is 3.64. The zero-order valence-electron chi connectivity index (χ0n) is 11.4. The first-order valence-electron chi connectivity index (χ1n) is 6.20. The predicted molar refractivity (Wildman–Crippen MR) is 71.9 cm³/mol. The maximum absolute atomic E-state index is 11.8. The van der Waals surface area contributed by atoms with Crippen molar-refractivity contribution in [3.05, 3.63) is 41.1 Å². The number of carbonyl (C=O) groups excluding carboxylic acids is 1. The van der Waals surface area contributed by atoms with E-state index in [1.165, 1.54) is 5.56 Å². The Bertz CT molecular complexity index is 590. The number of anilines is 1. The molecule has 1 aromatic heterocycles. The third-order valence-corrected chi connectivity index (χ3v) is 2.79.